The average Bonchev–Trinajstić information content (AvgIpc) is 3.36. The third-order valence-electron chi connectivity index (χ3n) is 5.32. The number of anilines is 1. The van der Waals surface area contributed by atoms with E-state index in [-0.39, 0.29) is 18.5 Å². The topological polar surface area (TPSA) is 75.0 Å². The van der Waals surface area contributed by atoms with Crippen LogP contribution in [0.25, 0.3) is 0 Å². The number of hydrogen-bond acceptors (Lipinski definition) is 4. The van der Waals surface area contributed by atoms with Crippen LogP contribution in [0.5, 0.6) is 5.75 Å². The zero-order valence-electron chi connectivity index (χ0n) is 19.9. The van der Waals surface area contributed by atoms with E-state index in [0.717, 1.165) is 24.2 Å². The van der Waals surface area contributed by atoms with Crippen molar-refractivity contribution in [3.05, 3.63) is 84.3 Å². The fourth-order valence-electron chi connectivity index (χ4n) is 3.58. The highest BCUT2D eigenvalue weighted by Crippen LogP contribution is 2.16. The summed E-state index contributed by atoms with van der Waals surface area (Å²) in [5.41, 5.74) is 1.80. The molecule has 3 amide bonds. The van der Waals surface area contributed by atoms with E-state index in [4.69, 9.17) is 9.15 Å². The highest BCUT2D eigenvalue weighted by Gasteiger charge is 2.22. The molecule has 0 saturated carbocycles. The van der Waals surface area contributed by atoms with E-state index in [1.165, 1.54) is 0 Å². The Hall–Kier alpha value is -3.74. The maximum atomic E-state index is 13.3. The number of carbonyl (C=O) groups excluding carboxylic acids is 2. The summed E-state index contributed by atoms with van der Waals surface area (Å²) in [4.78, 5) is 29.6. The molecule has 0 spiro atoms. The summed E-state index contributed by atoms with van der Waals surface area (Å²) in [6.45, 7) is 5.84. The predicted octanol–water partition coefficient (Wildman–Crippen LogP) is 5.19. The Kier molecular flexibility index (Phi) is 9.58. The molecule has 7 nitrogen and oxygen atoms in total. The zero-order valence-corrected chi connectivity index (χ0v) is 19.9. The Morgan fingerprint density at radius 2 is 1.68 bits per heavy atom. The molecule has 0 saturated heterocycles. The summed E-state index contributed by atoms with van der Waals surface area (Å²) >= 11 is 0. The van der Waals surface area contributed by atoms with Gasteiger partial charge in [0.2, 0.25) is 5.91 Å². The van der Waals surface area contributed by atoms with Gasteiger partial charge < -0.3 is 24.3 Å². The highest BCUT2D eigenvalue weighted by atomic mass is 16.5. The number of amides is 3. The lowest BCUT2D eigenvalue weighted by atomic mass is 10.1. The summed E-state index contributed by atoms with van der Waals surface area (Å²) in [5, 5.41) is 2.89. The number of hydrogen-bond donors (Lipinski definition) is 1. The number of nitrogens with one attached hydrogen (secondary N) is 1. The number of benzene rings is 2. The molecule has 0 aliphatic carbocycles. The number of ether oxygens (including phenoxy) is 1. The molecular formula is C27H33N3O4. The van der Waals surface area contributed by atoms with Gasteiger partial charge in [0, 0.05) is 18.8 Å². The molecule has 180 valence electrons. The molecule has 7 heteroatoms. The summed E-state index contributed by atoms with van der Waals surface area (Å²) in [7, 11) is 0. The standard InChI is InChI=1S/C27H33N3O4/c1-3-17-30(27(32)28-23-12-14-24(15-13-23)33-4-2)21-26(31)29(20-25-11-8-19-34-25)18-16-22-9-6-5-7-10-22/h5-15,19H,3-4,16-18,20-21H2,1-2H3,(H,28,32). The molecule has 0 fully saturated rings. The molecule has 3 rings (SSSR count). The van der Waals surface area contributed by atoms with Crippen molar-refractivity contribution in [1.82, 2.24) is 9.80 Å². The van der Waals surface area contributed by atoms with Crippen molar-refractivity contribution < 1.29 is 18.7 Å². The Morgan fingerprint density at radius 1 is 0.912 bits per heavy atom. The van der Waals surface area contributed by atoms with Gasteiger partial charge in [-0.15, -0.1) is 0 Å². The van der Waals surface area contributed by atoms with E-state index in [2.05, 4.69) is 5.32 Å². The van der Waals surface area contributed by atoms with Gasteiger partial charge in [0.1, 0.15) is 18.1 Å². The summed E-state index contributed by atoms with van der Waals surface area (Å²) in [6, 6.07) is 20.6. The summed E-state index contributed by atoms with van der Waals surface area (Å²) in [6.07, 6.45) is 3.06. The summed E-state index contributed by atoms with van der Waals surface area (Å²) in [5.74, 6) is 1.33. The third-order valence-corrected chi connectivity index (χ3v) is 5.32. The van der Waals surface area contributed by atoms with Crippen LogP contribution >= 0.6 is 0 Å². The van der Waals surface area contributed by atoms with E-state index >= 15 is 0 Å². The SMILES string of the molecule is CCCN(CC(=O)N(CCc1ccccc1)Cc1ccco1)C(=O)Nc1ccc(OCC)cc1. The van der Waals surface area contributed by atoms with Gasteiger partial charge in [0.05, 0.1) is 19.4 Å². The molecule has 3 aromatic rings. The van der Waals surface area contributed by atoms with Crippen molar-refractivity contribution >= 4 is 17.6 Å². The van der Waals surface area contributed by atoms with Gasteiger partial charge in [-0.25, -0.2) is 4.79 Å². The van der Waals surface area contributed by atoms with Crippen LogP contribution < -0.4 is 10.1 Å². The van der Waals surface area contributed by atoms with Crippen molar-refractivity contribution in [2.45, 2.75) is 33.2 Å². The van der Waals surface area contributed by atoms with Gasteiger partial charge in [-0.2, -0.15) is 0 Å². The molecule has 0 unspecified atom stereocenters. The molecule has 0 aliphatic heterocycles. The van der Waals surface area contributed by atoms with Crippen molar-refractivity contribution in [3.8, 4) is 5.75 Å². The monoisotopic (exact) mass is 463 g/mol. The largest absolute Gasteiger partial charge is 0.494 e. The van der Waals surface area contributed by atoms with Gasteiger partial charge in [-0.3, -0.25) is 4.79 Å². The fourth-order valence-corrected chi connectivity index (χ4v) is 3.58. The lowest BCUT2D eigenvalue weighted by Crippen LogP contribution is -2.45. The average molecular weight is 464 g/mol. The number of rotatable bonds is 12. The van der Waals surface area contributed by atoms with Gasteiger partial charge >= 0.3 is 6.03 Å². The Morgan fingerprint density at radius 3 is 2.32 bits per heavy atom. The minimum absolute atomic E-state index is 0.00774. The fraction of sp³-hybridized carbons (Fsp3) is 0.333. The minimum Gasteiger partial charge on any atom is -0.494 e. The van der Waals surface area contributed by atoms with E-state index in [1.54, 1.807) is 28.2 Å². The van der Waals surface area contributed by atoms with E-state index in [0.29, 0.717) is 37.7 Å². The van der Waals surface area contributed by atoms with Crippen LogP contribution in [0, 0.1) is 0 Å². The maximum Gasteiger partial charge on any atom is 0.322 e. The van der Waals surface area contributed by atoms with E-state index in [1.807, 2.05) is 68.4 Å². The van der Waals surface area contributed by atoms with Gasteiger partial charge in [-0.05, 0) is 61.7 Å². The zero-order chi connectivity index (χ0) is 24.2. The van der Waals surface area contributed by atoms with Crippen LogP contribution in [0.4, 0.5) is 10.5 Å². The molecule has 0 bridgehead atoms. The summed E-state index contributed by atoms with van der Waals surface area (Å²) < 4.78 is 10.9. The van der Waals surface area contributed by atoms with Crippen LogP contribution in [0.2, 0.25) is 0 Å². The number of urea groups is 1. The van der Waals surface area contributed by atoms with Crippen molar-refractivity contribution in [1.29, 1.82) is 0 Å². The third kappa shape index (κ3) is 7.69. The maximum absolute atomic E-state index is 13.3. The lowest BCUT2D eigenvalue weighted by Gasteiger charge is -2.27. The van der Waals surface area contributed by atoms with Crippen molar-refractivity contribution in [2.75, 3.05) is 31.6 Å². The Labute approximate surface area is 201 Å². The van der Waals surface area contributed by atoms with Crippen LogP contribution in [0.15, 0.2) is 77.4 Å². The molecule has 2 aromatic carbocycles. The van der Waals surface area contributed by atoms with Gasteiger partial charge in [0.15, 0.2) is 0 Å². The number of nitrogens with zero attached hydrogens (tertiary/aromatic N) is 2. The minimum atomic E-state index is -0.305. The quantitative estimate of drug-likeness (QED) is 0.401. The van der Waals surface area contributed by atoms with Crippen LogP contribution in [0.1, 0.15) is 31.6 Å². The molecule has 34 heavy (non-hydrogen) atoms. The molecule has 1 heterocycles. The normalized spacial score (nSPS) is 10.5. The molecule has 0 atom stereocenters. The van der Waals surface area contributed by atoms with E-state index in [9.17, 15) is 9.59 Å². The molecule has 0 radical (unpaired) electrons. The predicted molar refractivity (Wildman–Crippen MR) is 133 cm³/mol. The van der Waals surface area contributed by atoms with E-state index < -0.39 is 0 Å². The van der Waals surface area contributed by atoms with Crippen LogP contribution in [0.3, 0.4) is 0 Å². The first-order valence-electron chi connectivity index (χ1n) is 11.7. The van der Waals surface area contributed by atoms with Crippen molar-refractivity contribution in [3.63, 3.8) is 0 Å². The van der Waals surface area contributed by atoms with Gasteiger partial charge in [-0.1, -0.05) is 37.3 Å². The smallest absolute Gasteiger partial charge is 0.322 e. The van der Waals surface area contributed by atoms with Crippen LogP contribution in [-0.4, -0.2) is 48.0 Å². The second-order valence-electron chi connectivity index (χ2n) is 7.94. The second kappa shape index (κ2) is 13.1. The number of furan rings is 1. The lowest BCUT2D eigenvalue weighted by molar-refractivity contribution is -0.132. The Bertz CT molecular complexity index is 1000. The number of carbonyl (C=O) groups is 2. The van der Waals surface area contributed by atoms with Crippen LogP contribution in [-0.2, 0) is 17.8 Å². The molecule has 0 aliphatic rings. The van der Waals surface area contributed by atoms with Gasteiger partial charge in [0.25, 0.3) is 0 Å². The first kappa shape index (κ1) is 24.9. The Balaban J connectivity index is 1.65. The highest BCUT2D eigenvalue weighted by molar-refractivity contribution is 5.92. The molecular weight excluding hydrogens is 430 g/mol. The van der Waals surface area contributed by atoms with Crippen molar-refractivity contribution in [2.24, 2.45) is 0 Å². The molecule has 1 N–H and O–H groups in total. The second-order valence-corrected chi connectivity index (χ2v) is 7.94. The molecule has 1 aromatic heterocycles. The first-order chi connectivity index (χ1) is 16.6. The first-order valence-corrected chi connectivity index (χ1v) is 11.7.